The summed E-state index contributed by atoms with van der Waals surface area (Å²) in [6.07, 6.45) is 7.02. The van der Waals surface area contributed by atoms with Gasteiger partial charge in [0, 0.05) is 23.4 Å². The number of rotatable bonds is 12. The van der Waals surface area contributed by atoms with Crippen molar-refractivity contribution in [3.63, 3.8) is 0 Å². The molecule has 2 heterocycles. The van der Waals surface area contributed by atoms with Crippen molar-refractivity contribution in [2.24, 2.45) is 0 Å². The quantitative estimate of drug-likeness (QED) is 0.253. The summed E-state index contributed by atoms with van der Waals surface area (Å²) in [6.45, 7) is 7.01. The molecule has 6 nitrogen and oxygen atoms in total. The molecular formula is C23H30FN5OS2. The van der Waals surface area contributed by atoms with E-state index < -0.39 is 0 Å². The Balaban J connectivity index is 1.54. The molecule has 0 saturated carbocycles. The monoisotopic (exact) mass is 475 g/mol. The minimum atomic E-state index is -0.285. The van der Waals surface area contributed by atoms with Gasteiger partial charge in [-0.15, -0.1) is 21.5 Å². The molecule has 0 spiro atoms. The molecule has 3 rings (SSSR count). The van der Waals surface area contributed by atoms with Gasteiger partial charge in [0.05, 0.1) is 11.4 Å². The van der Waals surface area contributed by atoms with E-state index in [0.29, 0.717) is 5.13 Å². The van der Waals surface area contributed by atoms with Gasteiger partial charge in [-0.2, -0.15) is 0 Å². The zero-order chi connectivity index (χ0) is 22.9. The Labute approximate surface area is 197 Å². The number of hydrogen-bond acceptors (Lipinski definition) is 6. The number of nitrogens with zero attached hydrogens (tertiary/aromatic N) is 4. The van der Waals surface area contributed by atoms with Crippen LogP contribution in [0.1, 0.15) is 56.7 Å². The van der Waals surface area contributed by atoms with Crippen molar-refractivity contribution in [1.82, 2.24) is 19.7 Å². The van der Waals surface area contributed by atoms with E-state index in [9.17, 15) is 9.18 Å². The lowest BCUT2D eigenvalue weighted by molar-refractivity contribution is -0.113. The van der Waals surface area contributed by atoms with Crippen LogP contribution in [0.3, 0.4) is 0 Å². The highest BCUT2D eigenvalue weighted by Gasteiger charge is 2.15. The molecule has 0 aliphatic rings. The molecule has 1 aromatic carbocycles. The third-order valence-corrected chi connectivity index (χ3v) is 6.96. The summed E-state index contributed by atoms with van der Waals surface area (Å²) < 4.78 is 15.3. The number of unbranched alkanes of at least 4 members (excludes halogenated alkanes) is 4. The molecule has 0 aliphatic heterocycles. The van der Waals surface area contributed by atoms with Crippen molar-refractivity contribution < 1.29 is 9.18 Å². The fraction of sp³-hybridized carbons (Fsp3) is 0.478. The second-order valence-electron chi connectivity index (χ2n) is 7.57. The summed E-state index contributed by atoms with van der Waals surface area (Å²) >= 11 is 2.80. The first-order valence-corrected chi connectivity index (χ1v) is 12.9. The van der Waals surface area contributed by atoms with Crippen LogP contribution in [-0.4, -0.2) is 31.4 Å². The predicted molar refractivity (Wildman–Crippen MR) is 130 cm³/mol. The summed E-state index contributed by atoms with van der Waals surface area (Å²) in [7, 11) is 0. The fourth-order valence-electron chi connectivity index (χ4n) is 3.43. The van der Waals surface area contributed by atoms with Crippen molar-refractivity contribution >= 4 is 34.1 Å². The standard InChI is InChI=1S/C23H30FN5OS2/c1-4-6-7-8-9-10-19-27-28-23(29(19)5-2)31-15-20(30)25-22-26-21(16(3)32-22)17-11-13-18(24)14-12-17/h11-14H,4-10,15H2,1-3H3,(H,25,26,30). The number of thioether (sulfide) groups is 1. The van der Waals surface area contributed by atoms with E-state index in [1.54, 1.807) is 12.1 Å². The van der Waals surface area contributed by atoms with E-state index in [0.717, 1.165) is 46.5 Å². The zero-order valence-electron chi connectivity index (χ0n) is 18.9. The Kier molecular flexibility index (Phi) is 9.23. The van der Waals surface area contributed by atoms with E-state index in [4.69, 9.17) is 0 Å². The molecule has 0 atom stereocenters. The van der Waals surface area contributed by atoms with Crippen LogP contribution in [0.2, 0.25) is 0 Å². The summed E-state index contributed by atoms with van der Waals surface area (Å²) in [5.41, 5.74) is 1.58. The molecule has 0 unspecified atom stereocenters. The molecule has 2 aromatic heterocycles. The van der Waals surface area contributed by atoms with Gasteiger partial charge in [-0.25, -0.2) is 9.37 Å². The maximum Gasteiger partial charge on any atom is 0.236 e. The Morgan fingerprint density at radius 1 is 1.12 bits per heavy atom. The highest BCUT2D eigenvalue weighted by molar-refractivity contribution is 7.99. The number of aryl methyl sites for hydroxylation is 2. The third kappa shape index (κ3) is 6.62. The average molecular weight is 476 g/mol. The number of anilines is 1. The third-order valence-electron chi connectivity index (χ3n) is 5.11. The molecule has 0 bridgehead atoms. The van der Waals surface area contributed by atoms with Crippen molar-refractivity contribution in [3.8, 4) is 11.3 Å². The van der Waals surface area contributed by atoms with E-state index >= 15 is 0 Å². The summed E-state index contributed by atoms with van der Waals surface area (Å²) in [5, 5.41) is 12.8. The summed E-state index contributed by atoms with van der Waals surface area (Å²) in [5.74, 6) is 0.804. The highest BCUT2D eigenvalue weighted by Crippen LogP contribution is 2.30. The lowest BCUT2D eigenvalue weighted by Gasteiger charge is -2.07. The Morgan fingerprint density at radius 2 is 1.88 bits per heavy atom. The fourth-order valence-corrected chi connectivity index (χ4v) is 5.10. The number of thiazole rings is 1. The minimum absolute atomic E-state index is 0.138. The van der Waals surface area contributed by atoms with Gasteiger partial charge in [0.2, 0.25) is 5.91 Å². The van der Waals surface area contributed by atoms with E-state index in [-0.39, 0.29) is 17.5 Å². The van der Waals surface area contributed by atoms with Gasteiger partial charge in [-0.1, -0.05) is 44.4 Å². The van der Waals surface area contributed by atoms with E-state index in [1.807, 2.05) is 6.92 Å². The number of carbonyl (C=O) groups is 1. The van der Waals surface area contributed by atoms with Crippen LogP contribution in [0, 0.1) is 12.7 Å². The highest BCUT2D eigenvalue weighted by atomic mass is 32.2. The maximum atomic E-state index is 13.2. The largest absolute Gasteiger partial charge is 0.306 e. The number of benzene rings is 1. The van der Waals surface area contributed by atoms with Crippen LogP contribution in [0.5, 0.6) is 0 Å². The van der Waals surface area contributed by atoms with Crippen molar-refractivity contribution in [2.45, 2.75) is 71.0 Å². The molecule has 32 heavy (non-hydrogen) atoms. The number of amides is 1. The van der Waals surface area contributed by atoms with Crippen LogP contribution < -0.4 is 5.32 Å². The first-order chi connectivity index (χ1) is 15.5. The van der Waals surface area contributed by atoms with Gasteiger partial charge in [0.25, 0.3) is 0 Å². The second-order valence-corrected chi connectivity index (χ2v) is 9.72. The molecule has 1 N–H and O–H groups in total. The van der Waals surface area contributed by atoms with Crippen LogP contribution >= 0.6 is 23.1 Å². The summed E-state index contributed by atoms with van der Waals surface area (Å²) in [6, 6.07) is 6.20. The normalized spacial score (nSPS) is 11.1. The maximum absolute atomic E-state index is 13.2. The second kappa shape index (κ2) is 12.1. The minimum Gasteiger partial charge on any atom is -0.306 e. The molecule has 0 radical (unpaired) electrons. The van der Waals surface area contributed by atoms with Gasteiger partial charge >= 0.3 is 0 Å². The van der Waals surface area contributed by atoms with Crippen molar-refractivity contribution in [1.29, 1.82) is 0 Å². The van der Waals surface area contributed by atoms with Gasteiger partial charge in [0.15, 0.2) is 10.3 Å². The topological polar surface area (TPSA) is 72.7 Å². The van der Waals surface area contributed by atoms with Crippen LogP contribution in [0.25, 0.3) is 11.3 Å². The molecule has 9 heteroatoms. The van der Waals surface area contributed by atoms with E-state index in [1.165, 1.54) is 60.9 Å². The number of halogens is 1. The Morgan fingerprint density at radius 3 is 2.59 bits per heavy atom. The number of carbonyl (C=O) groups excluding carboxylic acids is 1. The Bertz CT molecular complexity index is 1020. The summed E-state index contributed by atoms with van der Waals surface area (Å²) in [4.78, 5) is 18.0. The van der Waals surface area contributed by atoms with Gasteiger partial charge in [-0.05, 0) is 44.5 Å². The number of hydrogen-bond donors (Lipinski definition) is 1. The molecule has 1 amide bonds. The smallest absolute Gasteiger partial charge is 0.236 e. The molecule has 0 fully saturated rings. The lowest BCUT2D eigenvalue weighted by atomic mass is 10.1. The first-order valence-electron chi connectivity index (χ1n) is 11.1. The van der Waals surface area contributed by atoms with Crippen molar-refractivity contribution in [3.05, 3.63) is 40.8 Å². The number of aromatic nitrogens is 4. The SMILES string of the molecule is CCCCCCCc1nnc(SCC(=O)Nc2nc(-c3ccc(F)cc3)c(C)s2)n1CC. The van der Waals surface area contributed by atoms with Crippen LogP contribution in [-0.2, 0) is 17.8 Å². The Hall–Kier alpha value is -2.26. The molecule has 0 saturated heterocycles. The van der Waals surface area contributed by atoms with Gasteiger partial charge in [0.1, 0.15) is 11.6 Å². The molecule has 0 aliphatic carbocycles. The zero-order valence-corrected chi connectivity index (χ0v) is 20.5. The van der Waals surface area contributed by atoms with Crippen molar-refractivity contribution in [2.75, 3.05) is 11.1 Å². The van der Waals surface area contributed by atoms with Crippen LogP contribution in [0.15, 0.2) is 29.4 Å². The molecule has 172 valence electrons. The number of nitrogens with one attached hydrogen (secondary N) is 1. The average Bonchev–Trinajstić information content (AvgIpc) is 3.35. The van der Waals surface area contributed by atoms with Gasteiger partial charge < -0.3 is 9.88 Å². The van der Waals surface area contributed by atoms with E-state index in [2.05, 4.69) is 38.9 Å². The first kappa shape index (κ1) is 24.4. The lowest BCUT2D eigenvalue weighted by Crippen LogP contribution is -2.14. The molecule has 3 aromatic rings. The van der Waals surface area contributed by atoms with Gasteiger partial charge in [-0.3, -0.25) is 4.79 Å². The predicted octanol–water partition coefficient (Wildman–Crippen LogP) is 6.11. The molecular weight excluding hydrogens is 445 g/mol. The van der Waals surface area contributed by atoms with Crippen LogP contribution in [0.4, 0.5) is 9.52 Å².